The van der Waals surface area contributed by atoms with E-state index in [1.807, 2.05) is 6.08 Å². The zero-order valence-electron chi connectivity index (χ0n) is 7.90. The molecule has 3 atom stereocenters. The predicted molar refractivity (Wildman–Crippen MR) is 47.4 cm³/mol. The third-order valence-electron chi connectivity index (χ3n) is 3.29. The number of hydrogen-bond donors (Lipinski definition) is 1. The number of methoxy groups -OCH3 is 1. The van der Waals surface area contributed by atoms with Crippen molar-refractivity contribution in [2.45, 2.75) is 12.8 Å². The molecule has 0 spiro atoms. The summed E-state index contributed by atoms with van der Waals surface area (Å²) < 4.78 is 4.65. The van der Waals surface area contributed by atoms with Crippen LogP contribution in [-0.2, 0) is 14.3 Å². The van der Waals surface area contributed by atoms with Crippen LogP contribution in [0.5, 0.6) is 0 Å². The molecule has 1 saturated carbocycles. The second-order valence-electron chi connectivity index (χ2n) is 4.02. The Hall–Kier alpha value is -1.32. The number of fused-ring (bicyclic) bond motifs is 2. The molecule has 3 unspecified atom stereocenters. The molecule has 1 N–H and O–H groups in total. The monoisotopic (exact) mass is 196 g/mol. The molecule has 1 fully saturated rings. The van der Waals surface area contributed by atoms with Crippen molar-refractivity contribution < 1.29 is 19.4 Å². The van der Waals surface area contributed by atoms with Gasteiger partial charge in [0.05, 0.1) is 18.4 Å². The summed E-state index contributed by atoms with van der Waals surface area (Å²) in [5.74, 6) is -1.33. The highest BCUT2D eigenvalue weighted by atomic mass is 16.5. The molecule has 2 aliphatic rings. The maximum Gasteiger partial charge on any atom is 0.313 e. The number of carbonyl (C=O) groups is 2. The van der Waals surface area contributed by atoms with Crippen LogP contribution in [0.2, 0.25) is 0 Å². The fourth-order valence-electron chi connectivity index (χ4n) is 2.49. The van der Waals surface area contributed by atoms with Gasteiger partial charge in [-0.3, -0.25) is 9.59 Å². The van der Waals surface area contributed by atoms with E-state index in [4.69, 9.17) is 5.11 Å². The molecule has 2 rings (SSSR count). The van der Waals surface area contributed by atoms with Gasteiger partial charge in [-0.25, -0.2) is 0 Å². The molecule has 14 heavy (non-hydrogen) atoms. The Kier molecular flexibility index (Phi) is 1.87. The highest BCUT2D eigenvalue weighted by molar-refractivity contribution is 5.82. The van der Waals surface area contributed by atoms with Crippen molar-refractivity contribution in [1.29, 1.82) is 0 Å². The molecule has 0 aromatic heterocycles. The van der Waals surface area contributed by atoms with Crippen molar-refractivity contribution in [3.63, 3.8) is 0 Å². The van der Waals surface area contributed by atoms with Crippen molar-refractivity contribution >= 4 is 11.9 Å². The standard InChI is InChI=1S/C10H12O4/c1-14-8(11)7-5-10(9(12)13)3-2-6(7)4-10/h2-3,6-7H,4-5H2,1H3,(H,12,13). The van der Waals surface area contributed by atoms with Crippen LogP contribution in [0.25, 0.3) is 0 Å². The molecule has 0 heterocycles. The number of ether oxygens (including phenoxy) is 1. The summed E-state index contributed by atoms with van der Waals surface area (Å²) in [7, 11) is 1.34. The summed E-state index contributed by atoms with van der Waals surface area (Å²) in [5, 5.41) is 9.06. The molecule has 0 radical (unpaired) electrons. The average Bonchev–Trinajstić information content (AvgIpc) is 2.74. The molecule has 0 saturated heterocycles. The number of carbonyl (C=O) groups excluding carboxylic acids is 1. The van der Waals surface area contributed by atoms with Crippen LogP contribution in [0.1, 0.15) is 12.8 Å². The van der Waals surface area contributed by atoms with Crippen LogP contribution in [0.15, 0.2) is 12.2 Å². The van der Waals surface area contributed by atoms with Gasteiger partial charge in [0, 0.05) is 0 Å². The van der Waals surface area contributed by atoms with E-state index in [0.717, 1.165) is 0 Å². The van der Waals surface area contributed by atoms with E-state index in [1.54, 1.807) is 6.08 Å². The molecular weight excluding hydrogens is 184 g/mol. The van der Waals surface area contributed by atoms with Gasteiger partial charge < -0.3 is 9.84 Å². The summed E-state index contributed by atoms with van der Waals surface area (Å²) in [6.07, 6.45) is 4.48. The Morgan fingerprint density at radius 1 is 1.50 bits per heavy atom. The molecule has 4 heteroatoms. The Balaban J connectivity index is 2.22. The molecular formula is C10H12O4. The molecule has 4 nitrogen and oxygen atoms in total. The number of rotatable bonds is 2. The first-order chi connectivity index (χ1) is 6.59. The lowest BCUT2D eigenvalue weighted by Gasteiger charge is -2.20. The molecule has 76 valence electrons. The van der Waals surface area contributed by atoms with Gasteiger partial charge >= 0.3 is 11.9 Å². The van der Waals surface area contributed by atoms with Crippen LogP contribution < -0.4 is 0 Å². The number of hydrogen-bond acceptors (Lipinski definition) is 3. The Morgan fingerprint density at radius 2 is 2.21 bits per heavy atom. The molecule has 2 bridgehead atoms. The van der Waals surface area contributed by atoms with Crippen LogP contribution in [0, 0.1) is 17.3 Å². The predicted octanol–water partition coefficient (Wildman–Crippen LogP) is 0.826. The highest BCUT2D eigenvalue weighted by Crippen LogP contribution is 2.52. The fraction of sp³-hybridized carbons (Fsp3) is 0.600. The van der Waals surface area contributed by atoms with E-state index in [0.29, 0.717) is 12.8 Å². The first kappa shape index (κ1) is 9.24. The van der Waals surface area contributed by atoms with E-state index in [9.17, 15) is 9.59 Å². The van der Waals surface area contributed by atoms with E-state index in [1.165, 1.54) is 7.11 Å². The number of esters is 1. The van der Waals surface area contributed by atoms with E-state index < -0.39 is 11.4 Å². The first-order valence-corrected chi connectivity index (χ1v) is 4.60. The van der Waals surface area contributed by atoms with Crippen LogP contribution >= 0.6 is 0 Å². The van der Waals surface area contributed by atoms with Gasteiger partial charge in [-0.05, 0) is 18.8 Å². The number of aliphatic carboxylic acids is 1. The van der Waals surface area contributed by atoms with Crippen LogP contribution in [-0.4, -0.2) is 24.2 Å². The number of carboxylic acids is 1. The molecule has 0 amide bonds. The smallest absolute Gasteiger partial charge is 0.313 e. The normalized spacial score (nSPS) is 38.6. The third-order valence-corrected chi connectivity index (χ3v) is 3.29. The van der Waals surface area contributed by atoms with Crippen LogP contribution in [0.4, 0.5) is 0 Å². The van der Waals surface area contributed by atoms with Crippen molar-refractivity contribution in [3.8, 4) is 0 Å². The Morgan fingerprint density at radius 3 is 2.71 bits per heavy atom. The zero-order valence-corrected chi connectivity index (χ0v) is 7.90. The lowest BCUT2D eigenvalue weighted by molar-refractivity contribution is -0.148. The first-order valence-electron chi connectivity index (χ1n) is 4.60. The second kappa shape index (κ2) is 2.83. The van der Waals surface area contributed by atoms with Crippen molar-refractivity contribution in [1.82, 2.24) is 0 Å². The highest BCUT2D eigenvalue weighted by Gasteiger charge is 2.54. The van der Waals surface area contributed by atoms with Crippen molar-refractivity contribution in [2.24, 2.45) is 17.3 Å². The minimum atomic E-state index is -0.831. The Labute approximate surface area is 81.6 Å². The molecule has 0 aromatic carbocycles. The van der Waals surface area contributed by atoms with Crippen LogP contribution in [0.3, 0.4) is 0 Å². The topological polar surface area (TPSA) is 63.6 Å². The number of allylic oxidation sites excluding steroid dienone is 1. The lowest BCUT2D eigenvalue weighted by Crippen LogP contribution is -2.27. The summed E-state index contributed by atoms with van der Waals surface area (Å²) in [6, 6.07) is 0. The van der Waals surface area contributed by atoms with Gasteiger partial charge in [0.1, 0.15) is 0 Å². The molecule has 0 aromatic rings. The van der Waals surface area contributed by atoms with Gasteiger partial charge in [0.2, 0.25) is 0 Å². The minimum Gasteiger partial charge on any atom is -0.481 e. The van der Waals surface area contributed by atoms with E-state index in [-0.39, 0.29) is 17.8 Å². The zero-order chi connectivity index (χ0) is 10.3. The maximum atomic E-state index is 11.3. The quantitative estimate of drug-likeness (QED) is 0.524. The van der Waals surface area contributed by atoms with Gasteiger partial charge in [-0.1, -0.05) is 12.2 Å². The third kappa shape index (κ3) is 1.06. The summed E-state index contributed by atoms with van der Waals surface area (Å²) in [5.41, 5.74) is -0.802. The number of carboxylic acid groups (broad SMARTS) is 1. The molecule has 0 aliphatic heterocycles. The largest absolute Gasteiger partial charge is 0.481 e. The summed E-state index contributed by atoms with van der Waals surface area (Å²) in [4.78, 5) is 22.4. The van der Waals surface area contributed by atoms with Gasteiger partial charge in [0.15, 0.2) is 0 Å². The van der Waals surface area contributed by atoms with Gasteiger partial charge in [-0.2, -0.15) is 0 Å². The minimum absolute atomic E-state index is 0.0542. The SMILES string of the molecule is COC(=O)C1CC2(C(=O)O)C=CC1C2. The second-order valence-corrected chi connectivity index (χ2v) is 4.02. The maximum absolute atomic E-state index is 11.3. The van der Waals surface area contributed by atoms with E-state index >= 15 is 0 Å². The average molecular weight is 196 g/mol. The van der Waals surface area contributed by atoms with E-state index in [2.05, 4.69) is 4.74 Å². The van der Waals surface area contributed by atoms with Gasteiger partial charge in [-0.15, -0.1) is 0 Å². The summed E-state index contributed by atoms with van der Waals surface area (Å²) >= 11 is 0. The Bertz CT molecular complexity index is 320. The summed E-state index contributed by atoms with van der Waals surface area (Å²) in [6.45, 7) is 0. The van der Waals surface area contributed by atoms with Crippen molar-refractivity contribution in [2.75, 3.05) is 7.11 Å². The van der Waals surface area contributed by atoms with Crippen molar-refractivity contribution in [3.05, 3.63) is 12.2 Å². The molecule has 2 aliphatic carbocycles. The fourth-order valence-corrected chi connectivity index (χ4v) is 2.49. The van der Waals surface area contributed by atoms with Gasteiger partial charge in [0.25, 0.3) is 0 Å². The lowest BCUT2D eigenvalue weighted by atomic mass is 9.85.